The van der Waals surface area contributed by atoms with Crippen LogP contribution in [0.3, 0.4) is 0 Å². The molecule has 6 heteroatoms. The highest BCUT2D eigenvalue weighted by Crippen LogP contribution is 2.66. The van der Waals surface area contributed by atoms with Gasteiger partial charge in [0, 0.05) is 19.8 Å². The molecule has 4 aliphatic carbocycles. The van der Waals surface area contributed by atoms with Crippen molar-refractivity contribution in [2.75, 3.05) is 0 Å². The van der Waals surface area contributed by atoms with E-state index < -0.39 is 17.3 Å². The van der Waals surface area contributed by atoms with Crippen molar-refractivity contribution >= 4 is 11.9 Å². The summed E-state index contributed by atoms with van der Waals surface area (Å²) in [6.45, 7) is 7.08. The van der Waals surface area contributed by atoms with Crippen LogP contribution in [-0.2, 0) is 19.1 Å². The fourth-order valence-corrected chi connectivity index (χ4v) is 8.20. The summed E-state index contributed by atoms with van der Waals surface area (Å²) in [5, 5.41) is 23.7. The maximum atomic E-state index is 11.9. The van der Waals surface area contributed by atoms with Crippen molar-refractivity contribution in [3.8, 4) is 0 Å². The lowest BCUT2D eigenvalue weighted by Crippen LogP contribution is -2.67. The zero-order valence-corrected chi connectivity index (χ0v) is 18.9. The second kappa shape index (κ2) is 7.47. The summed E-state index contributed by atoms with van der Waals surface area (Å²) in [4.78, 5) is 22.9. The number of hydrogen-bond donors (Lipinski definition) is 2. The number of aliphatic hydroxyl groups is 2. The van der Waals surface area contributed by atoms with Crippen LogP contribution >= 0.6 is 0 Å². The molecule has 9 unspecified atom stereocenters. The number of rotatable bonds is 3. The summed E-state index contributed by atoms with van der Waals surface area (Å²) < 4.78 is 11.0. The molecule has 0 bridgehead atoms. The van der Waals surface area contributed by atoms with E-state index in [1.54, 1.807) is 0 Å². The van der Waals surface area contributed by atoms with Crippen LogP contribution in [0.15, 0.2) is 0 Å². The SMILES string of the molecule is CC(=O)OC1CCC2(C)C(CCC3C2CCC2(O)C(C(C)OC(C)=O)CCC32O)C1. The van der Waals surface area contributed by atoms with Gasteiger partial charge in [0.1, 0.15) is 12.2 Å². The molecule has 0 heterocycles. The quantitative estimate of drug-likeness (QED) is 0.678. The van der Waals surface area contributed by atoms with Crippen molar-refractivity contribution in [1.82, 2.24) is 0 Å². The molecule has 0 spiro atoms. The van der Waals surface area contributed by atoms with Gasteiger partial charge in [-0.15, -0.1) is 0 Å². The predicted octanol–water partition coefficient (Wildman–Crippen LogP) is 3.37. The molecule has 2 N–H and O–H groups in total. The van der Waals surface area contributed by atoms with E-state index in [1.165, 1.54) is 13.8 Å². The first-order valence-corrected chi connectivity index (χ1v) is 11.8. The van der Waals surface area contributed by atoms with E-state index >= 15 is 0 Å². The minimum Gasteiger partial charge on any atom is -0.463 e. The van der Waals surface area contributed by atoms with Crippen molar-refractivity contribution in [2.24, 2.45) is 29.1 Å². The van der Waals surface area contributed by atoms with E-state index in [1.807, 2.05) is 6.92 Å². The number of carbonyl (C=O) groups is 2. The first-order valence-electron chi connectivity index (χ1n) is 11.8. The van der Waals surface area contributed by atoms with Gasteiger partial charge in [-0.05, 0) is 87.9 Å². The van der Waals surface area contributed by atoms with Crippen molar-refractivity contribution in [1.29, 1.82) is 0 Å². The average molecular weight is 423 g/mol. The standard InChI is InChI=1S/C24H38O6/c1-14(29-15(2)25)19-8-11-24(28)21-6-5-17-13-18(30-16(3)26)7-10-22(17,4)20(21)9-12-23(19,24)27/h14,17-21,27-28H,5-13H2,1-4H3. The lowest BCUT2D eigenvalue weighted by Gasteiger charge is -2.63. The van der Waals surface area contributed by atoms with Gasteiger partial charge >= 0.3 is 11.9 Å². The molecule has 0 radical (unpaired) electrons. The molecule has 0 aromatic heterocycles. The van der Waals surface area contributed by atoms with Crippen LogP contribution in [0.1, 0.15) is 85.5 Å². The molecule has 4 rings (SSSR count). The Morgan fingerprint density at radius 2 is 1.60 bits per heavy atom. The second-order valence-corrected chi connectivity index (χ2v) is 10.8. The number of ether oxygens (including phenoxy) is 2. The Labute approximate surface area is 179 Å². The zero-order chi connectivity index (χ0) is 21.9. The molecule has 4 saturated carbocycles. The maximum absolute atomic E-state index is 11.9. The van der Waals surface area contributed by atoms with Gasteiger partial charge < -0.3 is 19.7 Å². The van der Waals surface area contributed by atoms with Crippen LogP contribution in [-0.4, -0.2) is 45.6 Å². The average Bonchev–Trinajstić information content (AvgIpc) is 2.92. The van der Waals surface area contributed by atoms with Crippen molar-refractivity contribution in [3.63, 3.8) is 0 Å². The Bertz CT molecular complexity index is 708. The molecule has 4 fully saturated rings. The fraction of sp³-hybridized carbons (Fsp3) is 0.917. The minimum atomic E-state index is -1.19. The summed E-state index contributed by atoms with van der Waals surface area (Å²) in [6, 6.07) is 0. The first-order chi connectivity index (χ1) is 14.0. The second-order valence-electron chi connectivity index (χ2n) is 10.8. The summed E-state index contributed by atoms with van der Waals surface area (Å²) in [7, 11) is 0. The summed E-state index contributed by atoms with van der Waals surface area (Å²) >= 11 is 0. The Balaban J connectivity index is 1.55. The third kappa shape index (κ3) is 3.21. The maximum Gasteiger partial charge on any atom is 0.302 e. The van der Waals surface area contributed by atoms with E-state index in [2.05, 4.69) is 6.92 Å². The Morgan fingerprint density at radius 3 is 2.27 bits per heavy atom. The first kappa shape index (κ1) is 22.1. The van der Waals surface area contributed by atoms with E-state index in [4.69, 9.17) is 9.47 Å². The number of fused-ring (bicyclic) bond motifs is 5. The van der Waals surface area contributed by atoms with Gasteiger partial charge in [-0.2, -0.15) is 0 Å². The highest BCUT2D eigenvalue weighted by Gasteiger charge is 2.69. The smallest absolute Gasteiger partial charge is 0.302 e. The van der Waals surface area contributed by atoms with Gasteiger partial charge in [0.05, 0.1) is 11.2 Å². The Kier molecular flexibility index (Phi) is 5.50. The fourth-order valence-electron chi connectivity index (χ4n) is 8.20. The molecule has 0 aromatic rings. The molecule has 0 aliphatic heterocycles. The van der Waals surface area contributed by atoms with Crippen LogP contribution < -0.4 is 0 Å². The predicted molar refractivity (Wildman–Crippen MR) is 110 cm³/mol. The molecule has 0 aromatic carbocycles. The largest absolute Gasteiger partial charge is 0.463 e. The molecule has 0 amide bonds. The van der Waals surface area contributed by atoms with Gasteiger partial charge in [0.15, 0.2) is 0 Å². The van der Waals surface area contributed by atoms with Crippen LogP contribution in [0.2, 0.25) is 0 Å². The third-order valence-electron chi connectivity index (χ3n) is 9.54. The van der Waals surface area contributed by atoms with Crippen LogP contribution in [0.4, 0.5) is 0 Å². The van der Waals surface area contributed by atoms with Gasteiger partial charge in [0.25, 0.3) is 0 Å². The Hall–Kier alpha value is -1.14. The summed E-state index contributed by atoms with van der Waals surface area (Å²) in [6.07, 6.45) is 6.98. The molecule has 30 heavy (non-hydrogen) atoms. The molecule has 9 atom stereocenters. The molecular formula is C24H38O6. The summed E-state index contributed by atoms with van der Waals surface area (Å²) in [5.41, 5.74) is -2.20. The van der Waals surface area contributed by atoms with Gasteiger partial charge in [-0.1, -0.05) is 6.92 Å². The van der Waals surface area contributed by atoms with Crippen LogP contribution in [0, 0.1) is 29.1 Å². The molecule has 6 nitrogen and oxygen atoms in total. The highest BCUT2D eigenvalue weighted by molar-refractivity contribution is 5.66. The monoisotopic (exact) mass is 422 g/mol. The third-order valence-corrected chi connectivity index (χ3v) is 9.54. The van der Waals surface area contributed by atoms with Gasteiger partial charge in [-0.25, -0.2) is 0 Å². The van der Waals surface area contributed by atoms with E-state index in [0.717, 1.165) is 38.5 Å². The lowest BCUT2D eigenvalue weighted by atomic mass is 9.45. The number of hydrogen-bond acceptors (Lipinski definition) is 6. The van der Waals surface area contributed by atoms with Gasteiger partial charge in [0.2, 0.25) is 0 Å². The zero-order valence-electron chi connectivity index (χ0n) is 18.9. The molecule has 4 aliphatic rings. The number of carbonyl (C=O) groups excluding carboxylic acids is 2. The molecule has 170 valence electrons. The normalized spacial score (nSPS) is 48.7. The highest BCUT2D eigenvalue weighted by atomic mass is 16.5. The summed E-state index contributed by atoms with van der Waals surface area (Å²) in [5.74, 6) is 0.155. The molecule has 0 saturated heterocycles. The van der Waals surface area contributed by atoms with Crippen LogP contribution in [0.25, 0.3) is 0 Å². The number of esters is 2. The lowest BCUT2D eigenvalue weighted by molar-refractivity contribution is -0.253. The van der Waals surface area contributed by atoms with Gasteiger partial charge in [-0.3, -0.25) is 9.59 Å². The van der Waals surface area contributed by atoms with Crippen molar-refractivity contribution < 1.29 is 29.3 Å². The van der Waals surface area contributed by atoms with E-state index in [-0.39, 0.29) is 35.3 Å². The van der Waals surface area contributed by atoms with Crippen LogP contribution in [0.5, 0.6) is 0 Å². The van der Waals surface area contributed by atoms with E-state index in [9.17, 15) is 19.8 Å². The topological polar surface area (TPSA) is 93.1 Å². The van der Waals surface area contributed by atoms with Crippen molar-refractivity contribution in [3.05, 3.63) is 0 Å². The molecular weight excluding hydrogens is 384 g/mol. The van der Waals surface area contributed by atoms with E-state index in [0.29, 0.717) is 31.1 Å². The minimum absolute atomic E-state index is 0.0150. The van der Waals surface area contributed by atoms with Crippen molar-refractivity contribution in [2.45, 2.75) is 109 Å². The Morgan fingerprint density at radius 1 is 0.900 bits per heavy atom.